The van der Waals surface area contributed by atoms with Gasteiger partial charge in [-0.25, -0.2) is 15.0 Å². The largest absolute Gasteiger partial charge is 0.481 e. The number of amides is 1. The molecule has 0 aromatic carbocycles. The maximum Gasteiger partial charge on any atom is 0.223 e. The maximum atomic E-state index is 11.2. The topological polar surface area (TPSA) is 77.0 Å². The third-order valence-electron chi connectivity index (χ3n) is 3.25. The van der Waals surface area contributed by atoms with E-state index in [1.807, 2.05) is 24.4 Å². The number of anilines is 1. The van der Waals surface area contributed by atoms with E-state index in [0.717, 1.165) is 26.8 Å². The van der Waals surface area contributed by atoms with Crippen LogP contribution < -0.4 is 10.1 Å². The van der Waals surface area contributed by atoms with Crippen LogP contribution in [0.15, 0.2) is 23.7 Å². The molecule has 124 valence electrons. The van der Waals surface area contributed by atoms with Crippen molar-refractivity contribution < 1.29 is 9.53 Å². The van der Waals surface area contributed by atoms with Gasteiger partial charge in [-0.05, 0) is 13.0 Å². The second-order valence-corrected chi connectivity index (χ2v) is 7.03. The summed E-state index contributed by atoms with van der Waals surface area (Å²) in [6.45, 7) is 3.39. The molecule has 0 saturated heterocycles. The number of thiazole rings is 2. The minimum Gasteiger partial charge on any atom is -0.481 e. The molecule has 0 unspecified atom stereocenters. The number of hydrogen-bond acceptors (Lipinski definition) is 7. The van der Waals surface area contributed by atoms with Crippen LogP contribution in [0, 0.1) is 6.92 Å². The van der Waals surface area contributed by atoms with Gasteiger partial charge in [-0.3, -0.25) is 4.79 Å². The molecule has 0 spiro atoms. The molecule has 1 amide bonds. The average molecular weight is 360 g/mol. The molecular formula is C16H16N4O2S2. The van der Waals surface area contributed by atoms with Gasteiger partial charge < -0.3 is 10.1 Å². The van der Waals surface area contributed by atoms with Crippen molar-refractivity contribution in [3.8, 4) is 16.5 Å². The molecule has 0 saturated carbocycles. The second kappa shape index (κ2) is 7.06. The number of carbonyl (C=O) groups is 1. The first kappa shape index (κ1) is 16.5. The number of methoxy groups -OCH3 is 1. The van der Waals surface area contributed by atoms with Crippen LogP contribution >= 0.6 is 22.7 Å². The monoisotopic (exact) mass is 360 g/mol. The lowest BCUT2D eigenvalue weighted by Crippen LogP contribution is -2.04. The zero-order valence-corrected chi connectivity index (χ0v) is 15.1. The molecule has 3 heterocycles. The van der Waals surface area contributed by atoms with Gasteiger partial charge in [0.15, 0.2) is 5.13 Å². The molecule has 0 aliphatic carbocycles. The molecule has 3 rings (SSSR count). The van der Waals surface area contributed by atoms with Gasteiger partial charge in [-0.2, -0.15) is 0 Å². The van der Waals surface area contributed by atoms with Gasteiger partial charge in [-0.15, -0.1) is 11.3 Å². The SMILES string of the molecule is COc1ncccc1Cc1nc(-c2sc(NC(C)=O)nc2C)cs1. The van der Waals surface area contributed by atoms with Gasteiger partial charge in [0.05, 0.1) is 28.4 Å². The summed E-state index contributed by atoms with van der Waals surface area (Å²) >= 11 is 3.02. The summed E-state index contributed by atoms with van der Waals surface area (Å²) in [4.78, 5) is 25.4. The summed E-state index contributed by atoms with van der Waals surface area (Å²) in [7, 11) is 1.61. The normalized spacial score (nSPS) is 10.6. The third-order valence-corrected chi connectivity index (χ3v) is 5.19. The van der Waals surface area contributed by atoms with Crippen LogP contribution in [-0.4, -0.2) is 28.0 Å². The predicted molar refractivity (Wildman–Crippen MR) is 95.9 cm³/mol. The van der Waals surface area contributed by atoms with Crippen LogP contribution in [0.5, 0.6) is 5.88 Å². The molecule has 24 heavy (non-hydrogen) atoms. The minimum atomic E-state index is -0.127. The van der Waals surface area contributed by atoms with Gasteiger partial charge in [0.1, 0.15) is 0 Å². The zero-order chi connectivity index (χ0) is 17.1. The summed E-state index contributed by atoms with van der Waals surface area (Å²) in [6, 6.07) is 3.87. The highest BCUT2D eigenvalue weighted by Gasteiger charge is 2.15. The van der Waals surface area contributed by atoms with E-state index < -0.39 is 0 Å². The molecule has 0 aliphatic rings. The fourth-order valence-electron chi connectivity index (χ4n) is 2.24. The first-order chi connectivity index (χ1) is 11.6. The highest BCUT2D eigenvalue weighted by Crippen LogP contribution is 2.34. The van der Waals surface area contributed by atoms with Crippen molar-refractivity contribution in [1.82, 2.24) is 15.0 Å². The summed E-state index contributed by atoms with van der Waals surface area (Å²) < 4.78 is 5.29. The van der Waals surface area contributed by atoms with E-state index in [1.165, 1.54) is 18.3 Å². The molecular weight excluding hydrogens is 344 g/mol. The van der Waals surface area contributed by atoms with E-state index >= 15 is 0 Å². The molecule has 1 N–H and O–H groups in total. The van der Waals surface area contributed by atoms with E-state index in [4.69, 9.17) is 9.72 Å². The Kier molecular flexibility index (Phi) is 4.86. The standard InChI is InChI=1S/C16H16N4O2S2/c1-9-14(24-16(18-9)19-10(2)21)12-8-23-13(20-12)7-11-5-4-6-17-15(11)22-3/h4-6,8H,7H2,1-3H3,(H,18,19,21). The zero-order valence-electron chi connectivity index (χ0n) is 13.5. The Labute approximate surface area is 147 Å². The summed E-state index contributed by atoms with van der Waals surface area (Å²) in [5.74, 6) is 0.495. The van der Waals surface area contributed by atoms with Crippen molar-refractivity contribution in [3.63, 3.8) is 0 Å². The Bertz CT molecular complexity index is 873. The number of nitrogens with one attached hydrogen (secondary N) is 1. The molecule has 3 aromatic heterocycles. The number of rotatable bonds is 5. The van der Waals surface area contributed by atoms with Gasteiger partial charge in [0.25, 0.3) is 0 Å². The Balaban J connectivity index is 1.83. The van der Waals surface area contributed by atoms with Crippen LogP contribution in [0.3, 0.4) is 0 Å². The quantitative estimate of drug-likeness (QED) is 0.753. The van der Waals surface area contributed by atoms with Crippen molar-refractivity contribution in [2.75, 3.05) is 12.4 Å². The fraction of sp³-hybridized carbons (Fsp3) is 0.250. The van der Waals surface area contributed by atoms with Crippen molar-refractivity contribution in [2.45, 2.75) is 20.3 Å². The van der Waals surface area contributed by atoms with Crippen molar-refractivity contribution >= 4 is 33.7 Å². The molecule has 3 aromatic rings. The van der Waals surface area contributed by atoms with E-state index in [-0.39, 0.29) is 5.91 Å². The number of carbonyl (C=O) groups excluding carboxylic acids is 1. The van der Waals surface area contributed by atoms with Crippen LogP contribution in [0.1, 0.15) is 23.2 Å². The lowest BCUT2D eigenvalue weighted by molar-refractivity contribution is -0.114. The van der Waals surface area contributed by atoms with E-state index in [0.29, 0.717) is 17.4 Å². The van der Waals surface area contributed by atoms with E-state index in [2.05, 4.69) is 15.3 Å². The van der Waals surface area contributed by atoms with Gasteiger partial charge in [-0.1, -0.05) is 17.4 Å². The fourth-order valence-corrected chi connectivity index (χ4v) is 4.10. The molecule has 0 bridgehead atoms. The average Bonchev–Trinajstić information content (AvgIpc) is 3.14. The Morgan fingerprint density at radius 3 is 2.96 bits per heavy atom. The number of pyridine rings is 1. The molecule has 0 atom stereocenters. The second-order valence-electron chi connectivity index (χ2n) is 5.09. The van der Waals surface area contributed by atoms with Crippen molar-refractivity contribution in [3.05, 3.63) is 40.0 Å². The maximum absolute atomic E-state index is 11.2. The Morgan fingerprint density at radius 2 is 2.21 bits per heavy atom. The molecule has 0 radical (unpaired) electrons. The first-order valence-electron chi connectivity index (χ1n) is 7.24. The van der Waals surface area contributed by atoms with Crippen molar-refractivity contribution in [2.24, 2.45) is 0 Å². The lowest BCUT2D eigenvalue weighted by Gasteiger charge is -2.04. The van der Waals surface area contributed by atoms with Gasteiger partial charge in [0, 0.05) is 30.5 Å². The number of aryl methyl sites for hydroxylation is 1. The third kappa shape index (κ3) is 3.60. The van der Waals surface area contributed by atoms with Crippen LogP contribution in [-0.2, 0) is 11.2 Å². The Hall–Kier alpha value is -2.32. The summed E-state index contributed by atoms with van der Waals surface area (Å²) in [6.07, 6.45) is 2.37. The van der Waals surface area contributed by atoms with Gasteiger partial charge >= 0.3 is 0 Å². The van der Waals surface area contributed by atoms with E-state index in [9.17, 15) is 4.79 Å². The highest BCUT2D eigenvalue weighted by molar-refractivity contribution is 7.19. The molecule has 6 nitrogen and oxygen atoms in total. The van der Waals surface area contributed by atoms with Gasteiger partial charge in [0.2, 0.25) is 11.8 Å². The number of hydrogen-bond donors (Lipinski definition) is 1. The van der Waals surface area contributed by atoms with E-state index in [1.54, 1.807) is 24.6 Å². The molecule has 0 fully saturated rings. The lowest BCUT2D eigenvalue weighted by atomic mass is 10.2. The highest BCUT2D eigenvalue weighted by atomic mass is 32.1. The number of aromatic nitrogens is 3. The first-order valence-corrected chi connectivity index (χ1v) is 8.94. The van der Waals surface area contributed by atoms with Crippen molar-refractivity contribution in [1.29, 1.82) is 0 Å². The summed E-state index contributed by atoms with van der Waals surface area (Å²) in [5.41, 5.74) is 2.74. The predicted octanol–water partition coefficient (Wildman–Crippen LogP) is 3.53. The number of ether oxygens (including phenoxy) is 1. The molecule has 8 heteroatoms. The molecule has 0 aliphatic heterocycles. The smallest absolute Gasteiger partial charge is 0.223 e. The van der Waals surface area contributed by atoms with Crippen LogP contribution in [0.4, 0.5) is 5.13 Å². The Morgan fingerprint density at radius 1 is 1.38 bits per heavy atom. The van der Waals surface area contributed by atoms with Crippen LogP contribution in [0.2, 0.25) is 0 Å². The summed E-state index contributed by atoms with van der Waals surface area (Å²) in [5, 5.41) is 6.30. The number of nitrogens with zero attached hydrogens (tertiary/aromatic N) is 3. The minimum absolute atomic E-state index is 0.127. The van der Waals surface area contributed by atoms with Crippen LogP contribution in [0.25, 0.3) is 10.6 Å².